The van der Waals surface area contributed by atoms with Crippen molar-refractivity contribution in [3.05, 3.63) is 4.91 Å². The second-order valence-electron chi connectivity index (χ2n) is 2.07. The lowest BCUT2D eigenvalue weighted by atomic mass is 10.1. The third kappa shape index (κ3) is 2.62. The molecule has 7 nitrogen and oxygen atoms in total. The Kier molecular flexibility index (Phi) is 3.84. The van der Waals surface area contributed by atoms with Crippen molar-refractivity contribution in [3.63, 3.8) is 0 Å². The van der Waals surface area contributed by atoms with Crippen LogP contribution >= 0.6 is 0 Å². The summed E-state index contributed by atoms with van der Waals surface area (Å²) in [5.41, 5.74) is 2.87. The second-order valence-corrected chi connectivity index (χ2v) is 2.07. The lowest BCUT2D eigenvalue weighted by molar-refractivity contribution is -0.167. The molecule has 0 radical (unpaired) electrons. The number of rotatable bonds is 6. The molecule has 0 heterocycles. The molecule has 1 unspecified atom stereocenters. The van der Waals surface area contributed by atoms with Crippen LogP contribution in [0.1, 0.15) is 12.8 Å². The first-order valence-corrected chi connectivity index (χ1v) is 3.03. The maximum atomic E-state index is 10.4. The minimum absolute atomic E-state index is 0.113. The standard InChI is InChI=1S/C5H8N2O5/c6-5(4(9)10,12-7-11)2-1-3-8/h3H,1-2,6H2,(H,9,10). The molecule has 7 heteroatoms. The number of aldehydes is 1. The Morgan fingerprint density at radius 3 is 2.67 bits per heavy atom. The van der Waals surface area contributed by atoms with E-state index in [-0.39, 0.29) is 12.8 Å². The van der Waals surface area contributed by atoms with Gasteiger partial charge in [-0.2, -0.15) is 0 Å². The van der Waals surface area contributed by atoms with E-state index in [0.29, 0.717) is 6.29 Å². The quantitative estimate of drug-likeness (QED) is 0.241. The first-order valence-electron chi connectivity index (χ1n) is 3.03. The Labute approximate surface area is 67.4 Å². The zero-order chi connectivity index (χ0) is 9.61. The van der Waals surface area contributed by atoms with E-state index in [4.69, 9.17) is 10.8 Å². The third-order valence-corrected chi connectivity index (χ3v) is 1.20. The molecule has 0 aromatic rings. The van der Waals surface area contributed by atoms with Crippen LogP contribution in [0, 0.1) is 4.91 Å². The highest BCUT2D eigenvalue weighted by Crippen LogP contribution is 2.11. The molecule has 3 N–H and O–H groups in total. The summed E-state index contributed by atoms with van der Waals surface area (Å²) in [4.78, 5) is 33.7. The van der Waals surface area contributed by atoms with Gasteiger partial charge in [-0.05, 0) is 0 Å². The van der Waals surface area contributed by atoms with Gasteiger partial charge in [0, 0.05) is 12.8 Å². The van der Waals surface area contributed by atoms with Crippen LogP contribution in [0.5, 0.6) is 0 Å². The molecule has 0 bridgehead atoms. The fourth-order valence-corrected chi connectivity index (χ4v) is 0.531. The van der Waals surface area contributed by atoms with Gasteiger partial charge in [0.05, 0.1) is 0 Å². The van der Waals surface area contributed by atoms with Gasteiger partial charge in [-0.15, -0.1) is 4.91 Å². The number of hydrogen-bond acceptors (Lipinski definition) is 6. The summed E-state index contributed by atoms with van der Waals surface area (Å²) >= 11 is 0. The minimum Gasteiger partial charge on any atom is -0.477 e. The zero-order valence-corrected chi connectivity index (χ0v) is 6.10. The van der Waals surface area contributed by atoms with Gasteiger partial charge in [0.15, 0.2) is 5.34 Å². The summed E-state index contributed by atoms with van der Waals surface area (Å²) in [5, 5.41) is 10.3. The zero-order valence-electron chi connectivity index (χ0n) is 6.10. The van der Waals surface area contributed by atoms with Crippen LogP contribution in [0.15, 0.2) is 5.34 Å². The van der Waals surface area contributed by atoms with E-state index < -0.39 is 11.7 Å². The van der Waals surface area contributed by atoms with E-state index in [9.17, 15) is 14.5 Å². The topological polar surface area (TPSA) is 119 Å². The lowest BCUT2D eigenvalue weighted by Crippen LogP contribution is -2.49. The molecule has 0 amide bonds. The summed E-state index contributed by atoms with van der Waals surface area (Å²) in [7, 11) is 0. The molecule has 0 spiro atoms. The van der Waals surface area contributed by atoms with Crippen LogP contribution in [0.25, 0.3) is 0 Å². The Balaban J connectivity index is 4.26. The normalized spacial score (nSPS) is 14.4. The monoisotopic (exact) mass is 176 g/mol. The van der Waals surface area contributed by atoms with E-state index in [1.54, 1.807) is 0 Å². The molecule has 0 aromatic heterocycles. The molecule has 1 atom stereocenters. The molecule has 0 aliphatic heterocycles. The van der Waals surface area contributed by atoms with Crippen molar-refractivity contribution in [2.45, 2.75) is 18.6 Å². The SMILES string of the molecule is NC(CCC=O)(ON=O)C(=O)O. The van der Waals surface area contributed by atoms with E-state index in [0.717, 1.165) is 0 Å². The van der Waals surface area contributed by atoms with Crippen molar-refractivity contribution in [2.75, 3.05) is 0 Å². The molecule has 0 saturated carbocycles. The summed E-state index contributed by atoms with van der Waals surface area (Å²) < 4.78 is 0. The van der Waals surface area contributed by atoms with Gasteiger partial charge in [-0.1, -0.05) is 0 Å². The molecule has 0 aromatic carbocycles. The predicted molar refractivity (Wildman–Crippen MR) is 36.7 cm³/mol. The lowest BCUT2D eigenvalue weighted by Gasteiger charge is -2.18. The number of carboxylic acids is 1. The average molecular weight is 176 g/mol. The van der Waals surface area contributed by atoms with Crippen LogP contribution in [-0.2, 0) is 14.4 Å². The van der Waals surface area contributed by atoms with E-state index in [1.807, 2.05) is 5.34 Å². The minimum atomic E-state index is -2.19. The highest BCUT2D eigenvalue weighted by molar-refractivity contribution is 5.76. The fourth-order valence-electron chi connectivity index (χ4n) is 0.531. The van der Waals surface area contributed by atoms with Crippen LogP contribution in [-0.4, -0.2) is 23.1 Å². The van der Waals surface area contributed by atoms with Gasteiger partial charge in [0.1, 0.15) is 6.29 Å². The van der Waals surface area contributed by atoms with Gasteiger partial charge in [-0.3, -0.25) is 5.73 Å². The van der Waals surface area contributed by atoms with Crippen molar-refractivity contribution in [2.24, 2.45) is 11.1 Å². The molecule has 68 valence electrons. The Morgan fingerprint density at radius 1 is 1.75 bits per heavy atom. The maximum Gasteiger partial charge on any atom is 0.366 e. The van der Waals surface area contributed by atoms with E-state index >= 15 is 0 Å². The molecule has 0 saturated heterocycles. The van der Waals surface area contributed by atoms with Crippen molar-refractivity contribution < 1.29 is 19.5 Å². The van der Waals surface area contributed by atoms with Gasteiger partial charge in [0.2, 0.25) is 0 Å². The summed E-state index contributed by atoms with van der Waals surface area (Å²) in [6.45, 7) is 0. The first kappa shape index (κ1) is 10.5. The summed E-state index contributed by atoms with van der Waals surface area (Å²) in [6, 6.07) is 0. The van der Waals surface area contributed by atoms with Crippen LogP contribution < -0.4 is 5.73 Å². The highest BCUT2D eigenvalue weighted by Gasteiger charge is 2.37. The number of carboxylic acid groups (broad SMARTS) is 1. The summed E-state index contributed by atoms with van der Waals surface area (Å²) in [6.07, 6.45) is 0.0641. The van der Waals surface area contributed by atoms with Gasteiger partial charge >= 0.3 is 5.97 Å². The van der Waals surface area contributed by atoms with E-state index in [2.05, 4.69) is 4.84 Å². The van der Waals surface area contributed by atoms with Crippen LogP contribution in [0.2, 0.25) is 0 Å². The number of aliphatic carboxylic acids is 1. The van der Waals surface area contributed by atoms with Crippen molar-refractivity contribution in [3.8, 4) is 0 Å². The predicted octanol–water partition coefficient (Wildman–Crippen LogP) is -0.597. The number of hydrogen-bond donors (Lipinski definition) is 2. The van der Waals surface area contributed by atoms with Crippen molar-refractivity contribution >= 4 is 12.3 Å². The summed E-state index contributed by atoms with van der Waals surface area (Å²) in [5.74, 6) is -1.54. The third-order valence-electron chi connectivity index (χ3n) is 1.20. The highest BCUT2D eigenvalue weighted by atomic mass is 16.7. The molecule has 0 aliphatic carbocycles. The van der Waals surface area contributed by atoms with Gasteiger partial charge in [0.25, 0.3) is 5.72 Å². The van der Waals surface area contributed by atoms with Gasteiger partial charge in [-0.25, -0.2) is 4.79 Å². The molecule has 12 heavy (non-hydrogen) atoms. The second kappa shape index (κ2) is 4.39. The fraction of sp³-hybridized carbons (Fsp3) is 0.600. The van der Waals surface area contributed by atoms with Crippen molar-refractivity contribution in [1.29, 1.82) is 0 Å². The number of carbonyl (C=O) groups excluding carboxylic acids is 1. The number of nitrogens with zero attached hydrogens (tertiary/aromatic N) is 1. The Morgan fingerprint density at radius 2 is 2.33 bits per heavy atom. The number of carbonyl (C=O) groups is 2. The molecular weight excluding hydrogens is 168 g/mol. The molecule has 0 rings (SSSR count). The molecule has 0 aliphatic rings. The number of nitrogens with two attached hydrogens (primary N) is 1. The molecule has 0 fully saturated rings. The van der Waals surface area contributed by atoms with E-state index in [1.165, 1.54) is 0 Å². The Bertz CT molecular complexity index is 194. The van der Waals surface area contributed by atoms with Gasteiger partial charge < -0.3 is 14.7 Å². The maximum absolute atomic E-state index is 10.4. The van der Waals surface area contributed by atoms with Crippen LogP contribution in [0.4, 0.5) is 0 Å². The smallest absolute Gasteiger partial charge is 0.366 e. The van der Waals surface area contributed by atoms with Crippen LogP contribution in [0.3, 0.4) is 0 Å². The Hall–Kier alpha value is -1.50. The largest absolute Gasteiger partial charge is 0.477 e. The van der Waals surface area contributed by atoms with Crippen molar-refractivity contribution in [1.82, 2.24) is 0 Å². The average Bonchev–Trinajstić information content (AvgIpc) is 2.01. The molecular formula is C5H8N2O5. The first-order chi connectivity index (χ1) is 5.56.